The van der Waals surface area contributed by atoms with Crippen molar-refractivity contribution < 1.29 is 0 Å². The summed E-state index contributed by atoms with van der Waals surface area (Å²) in [7, 11) is 0. The minimum Gasteiger partial charge on any atom is -0.318 e. The number of amidine groups is 2. The van der Waals surface area contributed by atoms with E-state index in [0.29, 0.717) is 0 Å². The fraction of sp³-hybridized carbons (Fsp3) is 0.263. The third-order valence-electron chi connectivity index (χ3n) is 14.9. The Labute approximate surface area is 362 Å². The van der Waals surface area contributed by atoms with E-state index in [2.05, 4.69) is 237 Å². The Kier molecular flexibility index (Phi) is 8.53. The van der Waals surface area contributed by atoms with E-state index in [1.165, 1.54) is 55.3 Å². The van der Waals surface area contributed by atoms with Crippen molar-refractivity contribution in [1.82, 2.24) is 0 Å². The predicted octanol–water partition coefficient (Wildman–Crippen LogP) is 14.1. The van der Waals surface area contributed by atoms with Gasteiger partial charge in [-0.05, 0) is 147 Å². The van der Waals surface area contributed by atoms with Gasteiger partial charge in [-0.2, -0.15) is 0 Å². The van der Waals surface area contributed by atoms with Gasteiger partial charge < -0.3 is 9.80 Å². The van der Waals surface area contributed by atoms with Crippen LogP contribution < -0.4 is 9.80 Å². The molecular formula is C57H56N4. The highest BCUT2D eigenvalue weighted by atomic mass is 15.3. The van der Waals surface area contributed by atoms with Crippen LogP contribution in [-0.2, 0) is 5.41 Å². The van der Waals surface area contributed by atoms with E-state index in [9.17, 15) is 0 Å². The van der Waals surface area contributed by atoms with Crippen molar-refractivity contribution >= 4 is 33.8 Å². The molecule has 0 aromatic heterocycles. The van der Waals surface area contributed by atoms with Crippen LogP contribution in [0.15, 0.2) is 168 Å². The average Bonchev–Trinajstić information content (AvgIpc) is 3.69. The van der Waals surface area contributed by atoms with Crippen LogP contribution in [0.5, 0.6) is 0 Å². The molecule has 304 valence electrons. The van der Waals surface area contributed by atoms with Crippen molar-refractivity contribution in [3.8, 4) is 33.4 Å². The minimum absolute atomic E-state index is 0.194. The van der Waals surface area contributed by atoms with Crippen LogP contribution in [0.2, 0.25) is 0 Å². The molecule has 7 aromatic rings. The number of benzene rings is 7. The molecule has 0 fully saturated rings. The van der Waals surface area contributed by atoms with Gasteiger partial charge in [0.15, 0.2) is 0 Å². The molecule has 0 amide bonds. The second-order valence-corrected chi connectivity index (χ2v) is 19.9. The van der Waals surface area contributed by atoms with Crippen molar-refractivity contribution in [2.45, 2.75) is 96.8 Å². The van der Waals surface area contributed by atoms with Gasteiger partial charge in [0.25, 0.3) is 0 Å². The van der Waals surface area contributed by atoms with Crippen LogP contribution >= 0.6 is 0 Å². The van der Waals surface area contributed by atoms with Gasteiger partial charge in [-0.3, -0.25) is 9.98 Å². The molecule has 2 heterocycles. The number of nitrogens with zero attached hydrogens (tertiary/aromatic N) is 4. The van der Waals surface area contributed by atoms with Crippen molar-refractivity contribution in [2.75, 3.05) is 9.80 Å². The summed E-state index contributed by atoms with van der Waals surface area (Å²) in [6.07, 6.45) is 0. The fourth-order valence-corrected chi connectivity index (χ4v) is 10.0. The van der Waals surface area contributed by atoms with Crippen LogP contribution in [-0.4, -0.2) is 33.8 Å². The molecule has 0 atom stereocenters. The second-order valence-electron chi connectivity index (χ2n) is 19.9. The highest BCUT2D eigenvalue weighted by Gasteiger charge is 2.51. The molecule has 4 heteroatoms. The third-order valence-corrected chi connectivity index (χ3v) is 14.9. The summed E-state index contributed by atoms with van der Waals surface area (Å²) in [5.74, 6) is 2.04. The van der Waals surface area contributed by atoms with Crippen LogP contribution in [0.4, 0.5) is 11.4 Å². The second kappa shape index (κ2) is 13.4. The molecule has 4 nitrogen and oxygen atoms in total. The zero-order chi connectivity index (χ0) is 42.7. The van der Waals surface area contributed by atoms with Gasteiger partial charge in [-0.1, -0.05) is 135 Å². The lowest BCUT2D eigenvalue weighted by molar-refractivity contribution is 0.338. The van der Waals surface area contributed by atoms with Gasteiger partial charge in [0.05, 0.1) is 22.2 Å². The Morgan fingerprint density at radius 2 is 0.787 bits per heavy atom. The molecule has 61 heavy (non-hydrogen) atoms. The lowest BCUT2D eigenvalue weighted by Crippen LogP contribution is -2.53. The van der Waals surface area contributed by atoms with Crippen molar-refractivity contribution in [2.24, 2.45) is 9.98 Å². The molecular weight excluding hydrogens is 741 g/mol. The Balaban J connectivity index is 0.999. The molecule has 0 saturated heterocycles. The number of aliphatic imine (C=N–C) groups is 2. The molecule has 3 aliphatic rings. The van der Waals surface area contributed by atoms with Crippen LogP contribution in [0.1, 0.15) is 91.5 Å². The summed E-state index contributed by atoms with van der Waals surface area (Å²) in [5, 5.41) is 2.57. The average molecular weight is 797 g/mol. The van der Waals surface area contributed by atoms with Gasteiger partial charge in [-0.15, -0.1) is 0 Å². The standard InChI is InChI=1S/C57H56N4/c1-53(2)48-35-41(37-25-29-39(30-26-37)51-58-54(3,4)56(7,8)60(51)42-19-13-11-14-20-42)33-34-46(48)50-45-24-18-17-23-44(45)47(36-49(50)53)38-27-31-40(32-28-38)52-59-55(5,6)57(9,10)61(52)43-21-15-12-16-22-43/h11-36H,1-10H3. The molecule has 0 saturated carbocycles. The SMILES string of the molecule is CC1(C)c2cc(-c3ccc(C4=NC(C)(C)C(C)(C)N4c4ccccc4)cc3)ccc2-c2c1cc(-c1ccc(C3=NC(C)(C)C(C)(C)N3c3ccccc3)cc1)c1ccccc21. The topological polar surface area (TPSA) is 31.2 Å². The van der Waals surface area contributed by atoms with Gasteiger partial charge in [-0.25, -0.2) is 0 Å². The highest BCUT2D eigenvalue weighted by molar-refractivity contribution is 6.14. The Hall–Kier alpha value is -6.26. The number of rotatable bonds is 6. The number of fused-ring (bicyclic) bond motifs is 5. The van der Waals surface area contributed by atoms with E-state index < -0.39 is 0 Å². The molecule has 7 aromatic carbocycles. The number of anilines is 2. The fourth-order valence-electron chi connectivity index (χ4n) is 10.0. The monoisotopic (exact) mass is 796 g/mol. The largest absolute Gasteiger partial charge is 0.318 e. The smallest absolute Gasteiger partial charge is 0.136 e. The number of hydrogen-bond acceptors (Lipinski definition) is 4. The Morgan fingerprint density at radius 1 is 0.361 bits per heavy atom. The van der Waals surface area contributed by atoms with Crippen molar-refractivity contribution in [1.29, 1.82) is 0 Å². The molecule has 0 spiro atoms. The van der Waals surface area contributed by atoms with Crippen molar-refractivity contribution in [3.63, 3.8) is 0 Å². The predicted molar refractivity (Wildman–Crippen MR) is 260 cm³/mol. The summed E-state index contributed by atoms with van der Waals surface area (Å²) >= 11 is 0. The first-order valence-electron chi connectivity index (χ1n) is 21.8. The van der Waals surface area contributed by atoms with E-state index in [4.69, 9.17) is 9.98 Å². The van der Waals surface area contributed by atoms with E-state index in [1.807, 2.05) is 0 Å². The van der Waals surface area contributed by atoms with Gasteiger partial charge in [0.1, 0.15) is 11.7 Å². The van der Waals surface area contributed by atoms with Crippen LogP contribution in [0.25, 0.3) is 44.2 Å². The van der Waals surface area contributed by atoms with Crippen molar-refractivity contribution in [3.05, 3.63) is 180 Å². The maximum atomic E-state index is 5.35. The van der Waals surface area contributed by atoms with E-state index in [-0.39, 0.29) is 27.6 Å². The van der Waals surface area contributed by atoms with Gasteiger partial charge >= 0.3 is 0 Å². The normalized spacial score (nSPS) is 18.8. The summed E-state index contributed by atoms with van der Waals surface area (Å²) in [6.45, 7) is 22.9. The summed E-state index contributed by atoms with van der Waals surface area (Å²) < 4.78 is 0. The van der Waals surface area contributed by atoms with E-state index in [0.717, 1.165) is 34.2 Å². The lowest BCUT2D eigenvalue weighted by atomic mass is 9.80. The molecule has 0 bridgehead atoms. The first-order valence-corrected chi connectivity index (χ1v) is 21.8. The molecule has 2 aliphatic heterocycles. The van der Waals surface area contributed by atoms with E-state index >= 15 is 0 Å². The maximum absolute atomic E-state index is 5.35. The zero-order valence-corrected chi connectivity index (χ0v) is 37.3. The van der Waals surface area contributed by atoms with Crippen LogP contribution in [0, 0.1) is 0 Å². The Bertz CT molecular complexity index is 2910. The van der Waals surface area contributed by atoms with Crippen LogP contribution in [0.3, 0.4) is 0 Å². The first-order chi connectivity index (χ1) is 29.0. The zero-order valence-electron chi connectivity index (χ0n) is 37.3. The highest BCUT2D eigenvalue weighted by Crippen LogP contribution is 2.54. The molecule has 10 rings (SSSR count). The quantitative estimate of drug-likeness (QED) is 0.168. The van der Waals surface area contributed by atoms with Gasteiger partial charge in [0.2, 0.25) is 0 Å². The van der Waals surface area contributed by atoms with Gasteiger partial charge in [0, 0.05) is 27.9 Å². The Morgan fingerprint density at radius 3 is 1.30 bits per heavy atom. The third kappa shape index (κ3) is 5.78. The number of hydrogen-bond donors (Lipinski definition) is 0. The van der Waals surface area contributed by atoms with E-state index in [1.54, 1.807) is 0 Å². The minimum atomic E-state index is -0.263. The lowest BCUT2D eigenvalue weighted by Gasteiger charge is -2.41. The molecule has 0 unspecified atom stereocenters. The summed E-state index contributed by atoms with van der Waals surface area (Å²) in [4.78, 5) is 15.5. The number of para-hydroxylation sites is 2. The molecule has 0 radical (unpaired) electrons. The first kappa shape index (κ1) is 38.9. The maximum Gasteiger partial charge on any atom is 0.136 e. The summed E-state index contributed by atoms with van der Waals surface area (Å²) in [5.41, 5.74) is 13.8. The molecule has 1 aliphatic carbocycles. The summed E-state index contributed by atoms with van der Waals surface area (Å²) in [6, 6.07) is 58.1. The molecule has 0 N–H and O–H groups in total.